The molecule has 1 heterocycles. The van der Waals surface area contributed by atoms with Gasteiger partial charge in [-0.1, -0.05) is 18.1 Å². The SMILES string of the molecule is CCNC(=O)C1(C)C=CN=C(CC(C)N=[N+]=[N-])C=C1. The highest BCUT2D eigenvalue weighted by molar-refractivity contribution is 5.98. The van der Waals surface area contributed by atoms with Gasteiger partial charge in [0.1, 0.15) is 0 Å². The Hall–Kier alpha value is -2.07. The molecule has 19 heavy (non-hydrogen) atoms. The van der Waals surface area contributed by atoms with Crippen LogP contribution in [0.5, 0.6) is 0 Å². The van der Waals surface area contributed by atoms with Crippen molar-refractivity contribution in [2.75, 3.05) is 6.54 Å². The zero-order valence-corrected chi connectivity index (χ0v) is 11.5. The summed E-state index contributed by atoms with van der Waals surface area (Å²) in [6.45, 7) is 6.14. The fraction of sp³-hybridized carbons (Fsp3) is 0.538. The van der Waals surface area contributed by atoms with Gasteiger partial charge in [0, 0.05) is 29.4 Å². The standard InChI is InChI=1S/C13H19N5O/c1-4-15-12(19)13(3)6-5-11(16-8-7-13)9-10(2)17-18-14/h5-8,10H,4,9H2,1-3H3,(H,15,19). The Morgan fingerprint density at radius 1 is 1.63 bits per heavy atom. The zero-order chi connectivity index (χ0) is 14.3. The van der Waals surface area contributed by atoms with Crippen molar-refractivity contribution in [2.24, 2.45) is 15.5 Å². The molecule has 0 aromatic rings. The number of hydrogen-bond donors (Lipinski definition) is 1. The number of rotatable bonds is 5. The van der Waals surface area contributed by atoms with E-state index in [-0.39, 0.29) is 11.9 Å². The van der Waals surface area contributed by atoms with Crippen molar-refractivity contribution in [3.8, 4) is 0 Å². The molecule has 1 amide bonds. The Morgan fingerprint density at radius 3 is 3.00 bits per heavy atom. The summed E-state index contributed by atoms with van der Waals surface area (Å²) in [6, 6.07) is -0.157. The molecule has 0 fully saturated rings. The van der Waals surface area contributed by atoms with Crippen LogP contribution >= 0.6 is 0 Å². The lowest BCUT2D eigenvalue weighted by Crippen LogP contribution is -2.36. The summed E-state index contributed by atoms with van der Waals surface area (Å²) in [5, 5.41) is 6.41. The van der Waals surface area contributed by atoms with Gasteiger partial charge in [-0.3, -0.25) is 9.79 Å². The molecule has 1 aliphatic rings. The molecule has 0 spiro atoms. The zero-order valence-electron chi connectivity index (χ0n) is 11.5. The lowest BCUT2D eigenvalue weighted by molar-refractivity contribution is -0.125. The topological polar surface area (TPSA) is 90.2 Å². The maximum Gasteiger partial charge on any atom is 0.233 e. The Balaban J connectivity index is 2.80. The number of hydrogen-bond acceptors (Lipinski definition) is 3. The Bertz CT molecular complexity index is 473. The minimum absolute atomic E-state index is 0.0537. The van der Waals surface area contributed by atoms with Crippen molar-refractivity contribution in [1.29, 1.82) is 0 Å². The van der Waals surface area contributed by atoms with E-state index in [0.717, 1.165) is 5.71 Å². The van der Waals surface area contributed by atoms with Crippen LogP contribution < -0.4 is 5.32 Å². The van der Waals surface area contributed by atoms with Crippen LogP contribution in [0.1, 0.15) is 27.2 Å². The molecule has 6 heteroatoms. The lowest BCUT2D eigenvalue weighted by Gasteiger charge is -2.19. The monoisotopic (exact) mass is 261 g/mol. The second kappa shape index (κ2) is 6.75. The molecule has 2 atom stereocenters. The molecule has 102 valence electrons. The van der Waals surface area contributed by atoms with Crippen molar-refractivity contribution < 1.29 is 4.79 Å². The van der Waals surface area contributed by atoms with E-state index in [0.29, 0.717) is 13.0 Å². The first kappa shape index (κ1) is 15.0. The van der Waals surface area contributed by atoms with Crippen LogP contribution in [0.25, 0.3) is 10.4 Å². The van der Waals surface area contributed by atoms with Crippen molar-refractivity contribution in [2.45, 2.75) is 33.2 Å². The largest absolute Gasteiger partial charge is 0.355 e. The summed E-state index contributed by atoms with van der Waals surface area (Å²) in [7, 11) is 0. The molecule has 0 bridgehead atoms. The van der Waals surface area contributed by atoms with Crippen LogP contribution in [0.3, 0.4) is 0 Å². The third kappa shape index (κ3) is 4.26. The second-order valence-electron chi connectivity index (χ2n) is 4.67. The molecular formula is C13H19N5O. The van der Waals surface area contributed by atoms with Crippen molar-refractivity contribution >= 4 is 11.6 Å². The molecule has 1 rings (SSSR count). The Kier molecular flexibility index (Phi) is 5.33. The number of carbonyl (C=O) groups is 1. The molecule has 1 N–H and O–H groups in total. The summed E-state index contributed by atoms with van der Waals surface area (Å²) in [5.74, 6) is -0.0537. The summed E-state index contributed by atoms with van der Waals surface area (Å²) in [5.41, 5.74) is 8.47. The first-order valence-electron chi connectivity index (χ1n) is 6.28. The van der Waals surface area contributed by atoms with E-state index in [2.05, 4.69) is 20.3 Å². The van der Waals surface area contributed by atoms with E-state index in [1.165, 1.54) is 0 Å². The fourth-order valence-corrected chi connectivity index (χ4v) is 1.71. The van der Waals surface area contributed by atoms with Crippen molar-refractivity contribution in [1.82, 2.24) is 5.32 Å². The number of aliphatic imine (C=N–C) groups is 1. The van der Waals surface area contributed by atoms with Crippen LogP contribution in [0.4, 0.5) is 0 Å². The molecule has 0 saturated heterocycles. The van der Waals surface area contributed by atoms with E-state index in [9.17, 15) is 4.79 Å². The number of nitrogens with one attached hydrogen (secondary N) is 1. The molecule has 0 aromatic carbocycles. The highest BCUT2D eigenvalue weighted by atomic mass is 16.2. The maximum atomic E-state index is 12.0. The summed E-state index contributed by atoms with van der Waals surface area (Å²) >= 11 is 0. The van der Waals surface area contributed by atoms with Gasteiger partial charge in [0.05, 0.1) is 5.41 Å². The van der Waals surface area contributed by atoms with Crippen molar-refractivity contribution in [3.63, 3.8) is 0 Å². The van der Waals surface area contributed by atoms with E-state index < -0.39 is 5.41 Å². The van der Waals surface area contributed by atoms with Crippen LogP contribution in [0.2, 0.25) is 0 Å². The average molecular weight is 261 g/mol. The van der Waals surface area contributed by atoms with E-state index in [1.807, 2.05) is 32.9 Å². The van der Waals surface area contributed by atoms with Gasteiger partial charge >= 0.3 is 0 Å². The lowest BCUT2D eigenvalue weighted by atomic mass is 9.88. The Morgan fingerprint density at radius 2 is 2.37 bits per heavy atom. The first-order chi connectivity index (χ1) is 9.01. The number of amides is 1. The molecule has 0 saturated carbocycles. The van der Waals surface area contributed by atoms with E-state index >= 15 is 0 Å². The van der Waals surface area contributed by atoms with Crippen molar-refractivity contribution in [3.05, 3.63) is 34.9 Å². The Labute approximate surface area is 112 Å². The smallest absolute Gasteiger partial charge is 0.233 e. The minimum Gasteiger partial charge on any atom is -0.355 e. The third-order valence-corrected chi connectivity index (χ3v) is 2.86. The number of carbonyl (C=O) groups excluding carboxylic acids is 1. The second-order valence-corrected chi connectivity index (χ2v) is 4.67. The number of azide groups is 1. The third-order valence-electron chi connectivity index (χ3n) is 2.86. The summed E-state index contributed by atoms with van der Waals surface area (Å²) in [6.07, 6.45) is 7.59. The van der Waals surface area contributed by atoms with Gasteiger partial charge in [-0.2, -0.15) is 0 Å². The molecule has 0 aliphatic carbocycles. The van der Waals surface area contributed by atoms with Gasteiger partial charge in [0.25, 0.3) is 0 Å². The van der Waals surface area contributed by atoms with Gasteiger partial charge in [-0.05, 0) is 38.0 Å². The predicted octanol–water partition coefficient (Wildman–Crippen LogP) is 2.74. The van der Waals surface area contributed by atoms with Crippen LogP contribution in [-0.2, 0) is 4.79 Å². The van der Waals surface area contributed by atoms with Gasteiger partial charge in [-0.25, -0.2) is 0 Å². The van der Waals surface area contributed by atoms with Gasteiger partial charge in [-0.15, -0.1) is 0 Å². The predicted molar refractivity (Wildman–Crippen MR) is 75.7 cm³/mol. The van der Waals surface area contributed by atoms with E-state index in [1.54, 1.807) is 12.3 Å². The molecular weight excluding hydrogens is 242 g/mol. The first-order valence-corrected chi connectivity index (χ1v) is 6.28. The molecule has 2 unspecified atom stereocenters. The normalized spacial score (nSPS) is 23.0. The fourth-order valence-electron chi connectivity index (χ4n) is 1.71. The number of nitrogens with zero attached hydrogens (tertiary/aromatic N) is 4. The van der Waals surface area contributed by atoms with Gasteiger partial charge < -0.3 is 5.32 Å². The summed E-state index contributed by atoms with van der Waals surface area (Å²) in [4.78, 5) is 19.0. The maximum absolute atomic E-state index is 12.0. The quantitative estimate of drug-likeness (QED) is 0.460. The van der Waals surface area contributed by atoms with Crippen LogP contribution in [0.15, 0.2) is 34.5 Å². The highest BCUT2D eigenvalue weighted by Gasteiger charge is 2.27. The molecule has 0 aromatic heterocycles. The minimum atomic E-state index is -0.691. The molecule has 0 radical (unpaired) electrons. The average Bonchev–Trinajstić information content (AvgIpc) is 2.54. The summed E-state index contributed by atoms with van der Waals surface area (Å²) < 4.78 is 0. The van der Waals surface area contributed by atoms with Crippen LogP contribution in [0, 0.1) is 5.41 Å². The molecule has 6 nitrogen and oxygen atoms in total. The van der Waals surface area contributed by atoms with Crippen LogP contribution in [-0.4, -0.2) is 24.2 Å². The highest BCUT2D eigenvalue weighted by Crippen LogP contribution is 2.23. The molecule has 1 aliphatic heterocycles. The van der Waals surface area contributed by atoms with Gasteiger partial charge in [0.2, 0.25) is 5.91 Å². The number of allylic oxidation sites excluding steroid dienone is 1. The van der Waals surface area contributed by atoms with Gasteiger partial charge in [0.15, 0.2) is 0 Å². The van der Waals surface area contributed by atoms with E-state index in [4.69, 9.17) is 5.53 Å².